The summed E-state index contributed by atoms with van der Waals surface area (Å²) < 4.78 is 6.79. The second-order valence-corrected chi connectivity index (χ2v) is 7.47. The molecule has 30 heavy (non-hydrogen) atoms. The van der Waals surface area contributed by atoms with E-state index in [4.69, 9.17) is 4.74 Å². The van der Waals surface area contributed by atoms with E-state index < -0.39 is 0 Å². The lowest BCUT2D eigenvalue weighted by atomic mass is 10.1. The van der Waals surface area contributed by atoms with Crippen LogP contribution in [0.15, 0.2) is 48.5 Å². The highest BCUT2D eigenvalue weighted by Gasteiger charge is 2.28. The third kappa shape index (κ3) is 3.91. The first-order valence-electron chi connectivity index (χ1n) is 9.83. The zero-order valence-corrected chi connectivity index (χ0v) is 17.3. The van der Waals surface area contributed by atoms with Crippen LogP contribution in [0.3, 0.4) is 0 Å². The fourth-order valence-electron chi connectivity index (χ4n) is 3.47. The summed E-state index contributed by atoms with van der Waals surface area (Å²) in [6.07, 6.45) is 0. The molecular weight excluding hydrogens is 380 g/mol. The van der Waals surface area contributed by atoms with E-state index in [0.717, 1.165) is 22.4 Å². The molecule has 1 N–H and O–H groups in total. The van der Waals surface area contributed by atoms with Crippen LogP contribution in [0.5, 0.6) is 5.75 Å². The van der Waals surface area contributed by atoms with Gasteiger partial charge in [0.05, 0.1) is 13.7 Å². The molecule has 1 aliphatic rings. The zero-order chi connectivity index (χ0) is 21.3. The summed E-state index contributed by atoms with van der Waals surface area (Å²) >= 11 is 0. The molecule has 1 aromatic heterocycles. The number of aryl methyl sites for hydroxylation is 2. The molecule has 0 fully saturated rings. The van der Waals surface area contributed by atoms with Crippen molar-refractivity contribution in [3.05, 3.63) is 76.6 Å². The lowest BCUT2D eigenvalue weighted by molar-refractivity contribution is 0.0683. The number of benzene rings is 2. The number of hydrogen-bond acceptors (Lipinski definition) is 4. The van der Waals surface area contributed by atoms with Crippen molar-refractivity contribution in [3.8, 4) is 5.75 Å². The number of anilines is 1. The van der Waals surface area contributed by atoms with E-state index in [1.54, 1.807) is 22.8 Å². The van der Waals surface area contributed by atoms with E-state index in [9.17, 15) is 9.59 Å². The standard InChI is InChI=1S/C23H24N4O3/c1-15-4-7-18(12-16(15)2)24-22(28)20-13-21-23(29)26(10-11-27(21)25-20)14-17-5-8-19(30-3)9-6-17/h4-9,12-13H,10-11,14H2,1-3H3,(H,24,28). The van der Waals surface area contributed by atoms with E-state index in [0.29, 0.717) is 31.0 Å². The number of nitrogens with zero attached hydrogens (tertiary/aromatic N) is 3. The Kier molecular flexibility index (Phi) is 5.27. The minimum absolute atomic E-state index is 0.130. The number of ether oxygens (including phenoxy) is 1. The van der Waals surface area contributed by atoms with Crippen LogP contribution in [0.25, 0.3) is 0 Å². The topological polar surface area (TPSA) is 76.5 Å². The number of aromatic nitrogens is 2. The lowest BCUT2D eigenvalue weighted by Gasteiger charge is -2.27. The third-order valence-corrected chi connectivity index (χ3v) is 5.40. The van der Waals surface area contributed by atoms with Gasteiger partial charge in [0.2, 0.25) is 0 Å². The minimum Gasteiger partial charge on any atom is -0.497 e. The van der Waals surface area contributed by atoms with Crippen LogP contribution in [0.4, 0.5) is 5.69 Å². The maximum Gasteiger partial charge on any atom is 0.276 e. The fourth-order valence-corrected chi connectivity index (χ4v) is 3.47. The molecule has 0 saturated heterocycles. The van der Waals surface area contributed by atoms with Gasteiger partial charge in [0.1, 0.15) is 11.4 Å². The molecule has 4 rings (SSSR count). The normalized spacial score (nSPS) is 13.2. The highest BCUT2D eigenvalue weighted by molar-refractivity contribution is 6.04. The first-order valence-corrected chi connectivity index (χ1v) is 9.83. The number of carbonyl (C=O) groups excluding carboxylic acids is 2. The Balaban J connectivity index is 1.47. The van der Waals surface area contributed by atoms with Gasteiger partial charge >= 0.3 is 0 Å². The van der Waals surface area contributed by atoms with Gasteiger partial charge in [-0.25, -0.2) is 0 Å². The monoisotopic (exact) mass is 404 g/mol. The number of amides is 2. The number of rotatable bonds is 5. The Morgan fingerprint density at radius 1 is 1.07 bits per heavy atom. The van der Waals surface area contributed by atoms with Crippen LogP contribution in [-0.2, 0) is 13.1 Å². The molecule has 0 unspecified atom stereocenters. The minimum atomic E-state index is -0.324. The SMILES string of the molecule is COc1ccc(CN2CCn3nc(C(=O)Nc4ccc(C)c(C)c4)cc3C2=O)cc1. The Morgan fingerprint density at radius 2 is 1.83 bits per heavy atom. The molecular formula is C23H24N4O3. The number of carbonyl (C=O) groups is 2. The molecule has 154 valence electrons. The van der Waals surface area contributed by atoms with Crippen molar-refractivity contribution in [2.75, 3.05) is 19.0 Å². The van der Waals surface area contributed by atoms with Crippen molar-refractivity contribution in [1.29, 1.82) is 0 Å². The van der Waals surface area contributed by atoms with Gasteiger partial charge < -0.3 is 15.0 Å². The largest absolute Gasteiger partial charge is 0.497 e. The van der Waals surface area contributed by atoms with Crippen molar-refractivity contribution in [2.24, 2.45) is 0 Å². The highest BCUT2D eigenvalue weighted by atomic mass is 16.5. The smallest absolute Gasteiger partial charge is 0.276 e. The third-order valence-electron chi connectivity index (χ3n) is 5.40. The molecule has 0 atom stereocenters. The molecule has 0 aliphatic carbocycles. The maximum absolute atomic E-state index is 12.9. The van der Waals surface area contributed by atoms with Gasteiger partial charge in [0.25, 0.3) is 11.8 Å². The number of methoxy groups -OCH3 is 1. The van der Waals surface area contributed by atoms with Gasteiger partial charge in [-0.3, -0.25) is 14.3 Å². The maximum atomic E-state index is 12.9. The molecule has 0 saturated carbocycles. The van der Waals surface area contributed by atoms with Gasteiger partial charge in [0.15, 0.2) is 5.69 Å². The summed E-state index contributed by atoms with van der Waals surface area (Å²) in [5, 5.41) is 7.20. The van der Waals surface area contributed by atoms with Crippen molar-refractivity contribution in [2.45, 2.75) is 26.9 Å². The Hall–Kier alpha value is -3.61. The average Bonchev–Trinajstić information content (AvgIpc) is 3.19. The summed E-state index contributed by atoms with van der Waals surface area (Å²) in [5.74, 6) is 0.325. The van der Waals surface area contributed by atoms with Crippen LogP contribution in [0.2, 0.25) is 0 Å². The van der Waals surface area contributed by atoms with Gasteiger partial charge in [-0.2, -0.15) is 5.10 Å². The first kappa shape index (κ1) is 19.7. The molecule has 2 aromatic carbocycles. The van der Waals surface area contributed by atoms with Crippen LogP contribution < -0.4 is 10.1 Å². The average molecular weight is 404 g/mol. The van der Waals surface area contributed by atoms with Gasteiger partial charge in [-0.15, -0.1) is 0 Å². The van der Waals surface area contributed by atoms with Gasteiger partial charge in [0, 0.05) is 24.8 Å². The van der Waals surface area contributed by atoms with Crippen molar-refractivity contribution in [1.82, 2.24) is 14.7 Å². The summed E-state index contributed by atoms with van der Waals surface area (Å²) in [5.41, 5.74) is 4.66. The van der Waals surface area contributed by atoms with Gasteiger partial charge in [-0.05, 0) is 54.8 Å². The summed E-state index contributed by atoms with van der Waals surface area (Å²) in [6.45, 7) is 5.61. The molecule has 3 aromatic rings. The number of hydrogen-bond donors (Lipinski definition) is 1. The van der Waals surface area contributed by atoms with Crippen molar-refractivity contribution < 1.29 is 14.3 Å². The fraction of sp³-hybridized carbons (Fsp3) is 0.261. The molecule has 0 radical (unpaired) electrons. The Bertz CT molecular complexity index is 1100. The van der Waals surface area contributed by atoms with Crippen molar-refractivity contribution in [3.63, 3.8) is 0 Å². The molecule has 7 nitrogen and oxygen atoms in total. The predicted molar refractivity (Wildman–Crippen MR) is 114 cm³/mol. The summed E-state index contributed by atoms with van der Waals surface area (Å²) in [6, 6.07) is 15.0. The molecule has 7 heteroatoms. The van der Waals surface area contributed by atoms with Crippen LogP contribution in [-0.4, -0.2) is 40.1 Å². The molecule has 0 bridgehead atoms. The van der Waals surface area contributed by atoms with E-state index in [-0.39, 0.29) is 17.5 Å². The van der Waals surface area contributed by atoms with Crippen molar-refractivity contribution >= 4 is 17.5 Å². The van der Waals surface area contributed by atoms with E-state index in [1.165, 1.54) is 0 Å². The predicted octanol–water partition coefficient (Wildman–Crippen LogP) is 3.42. The quantitative estimate of drug-likeness (QED) is 0.707. The molecule has 0 spiro atoms. The molecule has 2 amide bonds. The van der Waals surface area contributed by atoms with E-state index >= 15 is 0 Å². The summed E-state index contributed by atoms with van der Waals surface area (Å²) in [7, 11) is 1.62. The summed E-state index contributed by atoms with van der Waals surface area (Å²) in [4.78, 5) is 27.3. The van der Waals surface area contributed by atoms with E-state index in [1.807, 2.05) is 56.3 Å². The molecule has 1 aliphatic heterocycles. The van der Waals surface area contributed by atoms with Crippen LogP contribution in [0.1, 0.15) is 37.7 Å². The second kappa shape index (κ2) is 8.02. The van der Waals surface area contributed by atoms with E-state index in [2.05, 4.69) is 10.4 Å². The number of nitrogens with one attached hydrogen (secondary N) is 1. The Labute approximate surface area is 175 Å². The molecule has 2 heterocycles. The second-order valence-electron chi connectivity index (χ2n) is 7.47. The Morgan fingerprint density at radius 3 is 2.53 bits per heavy atom. The highest BCUT2D eigenvalue weighted by Crippen LogP contribution is 2.20. The van der Waals surface area contributed by atoms with Gasteiger partial charge in [-0.1, -0.05) is 18.2 Å². The van der Waals surface area contributed by atoms with Crippen LogP contribution >= 0.6 is 0 Å². The lowest BCUT2D eigenvalue weighted by Crippen LogP contribution is -2.39. The number of fused-ring (bicyclic) bond motifs is 1. The van der Waals surface area contributed by atoms with Crippen LogP contribution in [0, 0.1) is 13.8 Å². The first-order chi connectivity index (χ1) is 14.4. The zero-order valence-electron chi connectivity index (χ0n) is 17.3.